The van der Waals surface area contributed by atoms with Crippen LogP contribution in [0.3, 0.4) is 0 Å². The molecule has 0 spiro atoms. The Balaban J connectivity index is 1.52. The van der Waals surface area contributed by atoms with E-state index < -0.39 is 6.03 Å². The first-order valence-corrected chi connectivity index (χ1v) is 9.36. The molecule has 150 valence electrons. The topological polar surface area (TPSA) is 114 Å². The number of nitrogens with zero attached hydrogens (tertiary/aromatic N) is 2. The van der Waals surface area contributed by atoms with E-state index in [0.29, 0.717) is 27.9 Å². The highest BCUT2D eigenvalue weighted by molar-refractivity contribution is 7.13. The van der Waals surface area contributed by atoms with Gasteiger partial charge in [0.05, 0.1) is 20.8 Å². The van der Waals surface area contributed by atoms with Gasteiger partial charge in [-0.1, -0.05) is 29.5 Å². The summed E-state index contributed by atoms with van der Waals surface area (Å²) in [5.74, 6) is 0.715. The maximum atomic E-state index is 12.2. The van der Waals surface area contributed by atoms with Crippen LogP contribution in [0.5, 0.6) is 11.5 Å². The minimum Gasteiger partial charge on any atom is -0.493 e. The van der Waals surface area contributed by atoms with Crippen molar-refractivity contribution in [3.05, 3.63) is 58.5 Å². The molecule has 1 aromatic heterocycles. The largest absolute Gasteiger partial charge is 0.493 e. The summed E-state index contributed by atoms with van der Waals surface area (Å²) in [6.07, 6.45) is 0. The molecule has 1 heterocycles. The number of hydrogen-bond acceptors (Lipinski definition) is 7. The number of carbonyl (C=O) groups is 2. The van der Waals surface area contributed by atoms with Crippen molar-refractivity contribution in [3.8, 4) is 11.5 Å². The summed E-state index contributed by atoms with van der Waals surface area (Å²) in [5.41, 5.74) is 1.21. The van der Waals surface area contributed by atoms with Gasteiger partial charge in [0, 0.05) is 17.4 Å². The van der Waals surface area contributed by atoms with Crippen LogP contribution in [0.15, 0.2) is 48.5 Å². The van der Waals surface area contributed by atoms with Crippen molar-refractivity contribution >= 4 is 34.6 Å². The minimum atomic E-state index is -0.428. The van der Waals surface area contributed by atoms with Gasteiger partial charge in [0.2, 0.25) is 5.01 Å². The summed E-state index contributed by atoms with van der Waals surface area (Å²) in [6.45, 7) is 0.134. The summed E-state index contributed by atoms with van der Waals surface area (Å²) in [6, 6.07) is 13.7. The van der Waals surface area contributed by atoms with Crippen molar-refractivity contribution in [1.82, 2.24) is 15.5 Å². The van der Waals surface area contributed by atoms with E-state index in [1.54, 1.807) is 30.3 Å². The Morgan fingerprint density at radius 3 is 2.41 bits per heavy atom. The van der Waals surface area contributed by atoms with E-state index in [9.17, 15) is 9.59 Å². The lowest BCUT2D eigenvalue weighted by Crippen LogP contribution is -2.28. The smallest absolute Gasteiger partial charge is 0.319 e. The molecule has 9 nitrogen and oxygen atoms in total. The Bertz CT molecular complexity index is 993. The highest BCUT2D eigenvalue weighted by Gasteiger charge is 2.14. The number of urea groups is 1. The van der Waals surface area contributed by atoms with Crippen LogP contribution in [0.2, 0.25) is 0 Å². The van der Waals surface area contributed by atoms with E-state index >= 15 is 0 Å². The lowest BCUT2D eigenvalue weighted by atomic mass is 10.3. The van der Waals surface area contributed by atoms with Crippen LogP contribution in [0.4, 0.5) is 16.2 Å². The number of benzene rings is 2. The second kappa shape index (κ2) is 9.51. The van der Waals surface area contributed by atoms with Gasteiger partial charge in [0.25, 0.3) is 5.91 Å². The number of anilines is 2. The van der Waals surface area contributed by atoms with Crippen molar-refractivity contribution in [2.45, 2.75) is 6.54 Å². The Hall–Kier alpha value is -3.66. The average Bonchev–Trinajstić information content (AvgIpc) is 3.22. The molecule has 0 aliphatic carbocycles. The van der Waals surface area contributed by atoms with Crippen LogP contribution in [0.25, 0.3) is 0 Å². The molecular formula is C19H19N5O4S. The normalized spacial score (nSPS) is 10.1. The lowest BCUT2D eigenvalue weighted by Gasteiger charge is -2.10. The van der Waals surface area contributed by atoms with Crippen LogP contribution in [0, 0.1) is 0 Å². The summed E-state index contributed by atoms with van der Waals surface area (Å²) in [4.78, 5) is 24.3. The number of nitrogens with one attached hydrogen (secondary N) is 3. The van der Waals surface area contributed by atoms with Crippen LogP contribution >= 0.6 is 11.3 Å². The fourth-order valence-corrected chi connectivity index (χ4v) is 3.04. The molecule has 0 radical (unpaired) electrons. The average molecular weight is 413 g/mol. The van der Waals surface area contributed by atoms with E-state index in [1.165, 1.54) is 14.2 Å². The third kappa shape index (κ3) is 5.42. The zero-order valence-electron chi connectivity index (χ0n) is 15.8. The minimum absolute atomic E-state index is 0.134. The van der Waals surface area contributed by atoms with Crippen LogP contribution < -0.4 is 25.4 Å². The summed E-state index contributed by atoms with van der Waals surface area (Å²) >= 11 is 1.11. The fraction of sp³-hybridized carbons (Fsp3) is 0.158. The van der Waals surface area contributed by atoms with Crippen molar-refractivity contribution in [3.63, 3.8) is 0 Å². The molecule has 3 N–H and O–H groups in total. The number of carbonyl (C=O) groups excluding carboxylic acids is 2. The van der Waals surface area contributed by atoms with E-state index in [2.05, 4.69) is 26.1 Å². The summed E-state index contributed by atoms with van der Waals surface area (Å²) in [7, 11) is 3.05. The van der Waals surface area contributed by atoms with Crippen LogP contribution in [-0.4, -0.2) is 36.4 Å². The molecular weight excluding hydrogens is 394 g/mol. The summed E-state index contributed by atoms with van der Waals surface area (Å²) in [5, 5.41) is 16.6. The second-order valence-corrected chi connectivity index (χ2v) is 6.76. The number of hydrogen-bond donors (Lipinski definition) is 3. The van der Waals surface area contributed by atoms with Gasteiger partial charge >= 0.3 is 6.03 Å². The van der Waals surface area contributed by atoms with Crippen LogP contribution in [0.1, 0.15) is 14.8 Å². The summed E-state index contributed by atoms with van der Waals surface area (Å²) < 4.78 is 10.4. The monoisotopic (exact) mass is 413 g/mol. The SMILES string of the molecule is COc1ccc(NC(=O)NCc2nnc(C(=O)Nc3ccccc3)s2)cc1OC. The molecule has 3 rings (SSSR count). The number of para-hydroxylation sites is 1. The third-order valence-corrected chi connectivity index (χ3v) is 4.66. The van der Waals surface area contributed by atoms with Gasteiger partial charge in [-0.2, -0.15) is 0 Å². The molecule has 3 amide bonds. The van der Waals surface area contributed by atoms with Gasteiger partial charge in [-0.05, 0) is 24.3 Å². The number of ether oxygens (including phenoxy) is 2. The van der Waals surface area contributed by atoms with Crippen LogP contribution in [-0.2, 0) is 6.54 Å². The van der Waals surface area contributed by atoms with E-state index in [-0.39, 0.29) is 17.5 Å². The molecule has 10 heteroatoms. The first-order chi connectivity index (χ1) is 14.1. The molecule has 0 aliphatic rings. The van der Waals surface area contributed by atoms with Gasteiger partial charge in [0.15, 0.2) is 11.5 Å². The molecule has 0 saturated carbocycles. The molecule has 0 saturated heterocycles. The first-order valence-electron chi connectivity index (χ1n) is 8.54. The molecule has 29 heavy (non-hydrogen) atoms. The van der Waals surface area contributed by atoms with Crippen molar-refractivity contribution in [1.29, 1.82) is 0 Å². The Morgan fingerprint density at radius 2 is 1.69 bits per heavy atom. The van der Waals surface area contributed by atoms with Gasteiger partial charge in [-0.15, -0.1) is 10.2 Å². The molecule has 0 fully saturated rings. The maximum Gasteiger partial charge on any atom is 0.319 e. The predicted molar refractivity (Wildman–Crippen MR) is 110 cm³/mol. The molecule has 0 aliphatic heterocycles. The number of aromatic nitrogens is 2. The Morgan fingerprint density at radius 1 is 0.931 bits per heavy atom. The second-order valence-electron chi connectivity index (χ2n) is 5.70. The molecule has 0 unspecified atom stereocenters. The van der Waals surface area contributed by atoms with Crippen molar-refractivity contribution in [2.75, 3.05) is 24.9 Å². The highest BCUT2D eigenvalue weighted by atomic mass is 32.1. The van der Waals surface area contributed by atoms with E-state index in [4.69, 9.17) is 9.47 Å². The molecule has 3 aromatic rings. The van der Waals surface area contributed by atoms with Crippen molar-refractivity contribution in [2.24, 2.45) is 0 Å². The Labute approximate surface area is 171 Å². The standard InChI is InChI=1S/C19H19N5O4S/c1-27-14-9-8-13(10-15(14)28-2)22-19(26)20-11-16-23-24-18(29-16)17(25)21-12-6-4-3-5-7-12/h3-10H,11H2,1-2H3,(H,21,25)(H2,20,22,26). The fourth-order valence-electron chi connectivity index (χ4n) is 2.37. The van der Waals surface area contributed by atoms with Gasteiger partial charge in [0.1, 0.15) is 5.01 Å². The Kier molecular flexibility index (Phi) is 6.59. The molecule has 0 atom stereocenters. The quantitative estimate of drug-likeness (QED) is 0.548. The zero-order valence-corrected chi connectivity index (χ0v) is 16.6. The number of rotatable bonds is 7. The number of amides is 3. The van der Waals surface area contributed by atoms with E-state index in [0.717, 1.165) is 11.3 Å². The predicted octanol–water partition coefficient (Wildman–Crippen LogP) is 3.13. The first kappa shape index (κ1) is 20.1. The maximum absolute atomic E-state index is 12.2. The highest BCUT2D eigenvalue weighted by Crippen LogP contribution is 2.29. The zero-order chi connectivity index (χ0) is 20.6. The van der Waals surface area contributed by atoms with Gasteiger partial charge in [-0.3, -0.25) is 4.79 Å². The lowest BCUT2D eigenvalue weighted by molar-refractivity contribution is 0.102. The van der Waals surface area contributed by atoms with Gasteiger partial charge in [-0.25, -0.2) is 4.79 Å². The molecule has 2 aromatic carbocycles. The van der Waals surface area contributed by atoms with E-state index in [1.807, 2.05) is 18.2 Å². The van der Waals surface area contributed by atoms with Crippen molar-refractivity contribution < 1.29 is 19.1 Å². The number of methoxy groups -OCH3 is 2. The van der Waals surface area contributed by atoms with Gasteiger partial charge < -0.3 is 25.4 Å². The molecule has 0 bridgehead atoms. The third-order valence-electron chi connectivity index (χ3n) is 3.73.